The molecule has 0 unspecified atom stereocenters. The molecule has 3 nitrogen and oxygen atoms in total. The maximum absolute atomic E-state index is 4.99. The molecule has 0 fully saturated rings. The van der Waals surface area contributed by atoms with E-state index in [4.69, 9.17) is 4.98 Å². The summed E-state index contributed by atoms with van der Waals surface area (Å²) in [5.41, 5.74) is 4.97. The number of rotatable bonds is 3. The molecule has 0 amide bonds. The third-order valence-corrected chi connectivity index (χ3v) is 3.66. The molecule has 2 rings (SSSR count). The highest BCUT2D eigenvalue weighted by Crippen LogP contribution is 2.35. The molecule has 0 saturated carbocycles. The molecule has 0 aliphatic carbocycles. The Morgan fingerprint density at radius 2 is 1.47 bits per heavy atom. The van der Waals surface area contributed by atoms with Crippen molar-refractivity contribution in [2.45, 2.75) is 59.3 Å². The van der Waals surface area contributed by atoms with Crippen LogP contribution in [-0.2, 0) is 7.05 Å². The molecular formula is C16H25N3. The second kappa shape index (κ2) is 4.95. The molecule has 0 N–H and O–H groups in total. The van der Waals surface area contributed by atoms with Crippen LogP contribution in [0.3, 0.4) is 0 Å². The lowest BCUT2D eigenvalue weighted by molar-refractivity contribution is 0.725. The van der Waals surface area contributed by atoms with Crippen molar-refractivity contribution >= 4 is 10.9 Å². The van der Waals surface area contributed by atoms with E-state index < -0.39 is 0 Å². The van der Waals surface area contributed by atoms with Gasteiger partial charge in [0.2, 0.25) is 0 Å². The van der Waals surface area contributed by atoms with Gasteiger partial charge in [0.25, 0.3) is 0 Å². The molecule has 2 heterocycles. The first-order valence-electron chi connectivity index (χ1n) is 7.20. The number of hydrogen-bond acceptors (Lipinski definition) is 2. The number of aryl methyl sites for hydroxylation is 1. The standard InChI is InChI=1S/C16H25N3/c1-9(2)13-12-8-17-19(7)16(12)15(11(5)6)18-14(13)10(3)4/h8-11H,1-7H3. The molecule has 2 aromatic rings. The molecule has 0 aromatic carbocycles. The van der Waals surface area contributed by atoms with Crippen LogP contribution in [-0.4, -0.2) is 14.8 Å². The maximum atomic E-state index is 4.99. The largest absolute Gasteiger partial charge is 0.266 e. The lowest BCUT2D eigenvalue weighted by Gasteiger charge is -2.19. The van der Waals surface area contributed by atoms with Gasteiger partial charge >= 0.3 is 0 Å². The van der Waals surface area contributed by atoms with Gasteiger partial charge in [0.1, 0.15) is 0 Å². The van der Waals surface area contributed by atoms with E-state index in [2.05, 4.69) is 46.6 Å². The van der Waals surface area contributed by atoms with Crippen molar-refractivity contribution in [2.75, 3.05) is 0 Å². The molecular weight excluding hydrogens is 234 g/mol. The van der Waals surface area contributed by atoms with Crippen LogP contribution in [0.1, 0.15) is 76.2 Å². The molecule has 0 radical (unpaired) electrons. The summed E-state index contributed by atoms with van der Waals surface area (Å²) in [4.78, 5) is 4.99. The summed E-state index contributed by atoms with van der Waals surface area (Å²) in [6.07, 6.45) is 2.00. The van der Waals surface area contributed by atoms with E-state index in [-0.39, 0.29) is 0 Å². The summed E-state index contributed by atoms with van der Waals surface area (Å²) in [5, 5.41) is 5.74. The monoisotopic (exact) mass is 259 g/mol. The number of fused-ring (bicyclic) bond motifs is 1. The Bertz CT molecular complexity index is 592. The van der Waals surface area contributed by atoms with Gasteiger partial charge in [0.05, 0.1) is 17.4 Å². The van der Waals surface area contributed by atoms with Gasteiger partial charge in [-0.25, -0.2) is 0 Å². The molecule has 19 heavy (non-hydrogen) atoms. The first-order valence-corrected chi connectivity index (χ1v) is 7.20. The van der Waals surface area contributed by atoms with Crippen molar-refractivity contribution in [2.24, 2.45) is 7.05 Å². The highest BCUT2D eigenvalue weighted by molar-refractivity contribution is 5.86. The van der Waals surface area contributed by atoms with Crippen LogP contribution in [0.5, 0.6) is 0 Å². The van der Waals surface area contributed by atoms with Gasteiger partial charge in [0, 0.05) is 18.1 Å². The summed E-state index contributed by atoms with van der Waals surface area (Å²) in [7, 11) is 2.01. The van der Waals surface area contributed by atoms with Crippen LogP contribution in [0.15, 0.2) is 6.20 Å². The van der Waals surface area contributed by atoms with E-state index in [9.17, 15) is 0 Å². The number of nitrogens with zero attached hydrogens (tertiary/aromatic N) is 3. The minimum absolute atomic E-state index is 0.414. The zero-order valence-corrected chi connectivity index (χ0v) is 13.2. The van der Waals surface area contributed by atoms with Crippen LogP contribution in [0, 0.1) is 0 Å². The average molecular weight is 259 g/mol. The first-order chi connectivity index (χ1) is 8.84. The Labute approximate surface area is 116 Å². The van der Waals surface area contributed by atoms with Crippen LogP contribution in [0.4, 0.5) is 0 Å². The lowest BCUT2D eigenvalue weighted by Crippen LogP contribution is -2.08. The Kier molecular flexibility index (Phi) is 3.66. The topological polar surface area (TPSA) is 30.7 Å². The molecule has 0 aliphatic rings. The van der Waals surface area contributed by atoms with E-state index in [1.165, 1.54) is 27.9 Å². The fraction of sp³-hybridized carbons (Fsp3) is 0.625. The van der Waals surface area contributed by atoms with Crippen molar-refractivity contribution in [3.05, 3.63) is 23.1 Å². The predicted molar refractivity (Wildman–Crippen MR) is 80.8 cm³/mol. The Hall–Kier alpha value is -1.38. The molecule has 0 atom stereocenters. The minimum atomic E-state index is 0.414. The fourth-order valence-electron chi connectivity index (χ4n) is 2.77. The summed E-state index contributed by atoms with van der Waals surface area (Å²) in [6, 6.07) is 0. The van der Waals surface area contributed by atoms with Gasteiger partial charge in [-0.1, -0.05) is 41.5 Å². The molecule has 3 heteroatoms. The highest BCUT2D eigenvalue weighted by Gasteiger charge is 2.21. The maximum Gasteiger partial charge on any atom is 0.0900 e. The van der Waals surface area contributed by atoms with E-state index in [0.29, 0.717) is 17.8 Å². The molecule has 0 saturated heterocycles. The van der Waals surface area contributed by atoms with Crippen LogP contribution >= 0.6 is 0 Å². The van der Waals surface area contributed by atoms with Crippen LogP contribution in [0.2, 0.25) is 0 Å². The molecule has 104 valence electrons. The smallest absolute Gasteiger partial charge is 0.0900 e. The fourth-order valence-corrected chi connectivity index (χ4v) is 2.77. The summed E-state index contributed by atoms with van der Waals surface area (Å²) >= 11 is 0. The van der Waals surface area contributed by atoms with E-state index >= 15 is 0 Å². The van der Waals surface area contributed by atoms with Crippen LogP contribution in [0.25, 0.3) is 10.9 Å². The van der Waals surface area contributed by atoms with Crippen molar-refractivity contribution in [1.82, 2.24) is 14.8 Å². The highest BCUT2D eigenvalue weighted by atomic mass is 15.3. The van der Waals surface area contributed by atoms with Crippen LogP contribution < -0.4 is 0 Å². The summed E-state index contributed by atoms with van der Waals surface area (Å²) < 4.78 is 1.97. The van der Waals surface area contributed by atoms with Crippen molar-refractivity contribution < 1.29 is 0 Å². The lowest BCUT2D eigenvalue weighted by atomic mass is 9.90. The third kappa shape index (κ3) is 2.26. The molecule has 2 aromatic heterocycles. The van der Waals surface area contributed by atoms with Gasteiger partial charge < -0.3 is 0 Å². The van der Waals surface area contributed by atoms with E-state index in [0.717, 1.165) is 0 Å². The van der Waals surface area contributed by atoms with Gasteiger partial charge in [-0.15, -0.1) is 0 Å². The molecule has 0 spiro atoms. The first kappa shape index (κ1) is 14.0. The number of aromatic nitrogens is 3. The van der Waals surface area contributed by atoms with Gasteiger partial charge in [-0.3, -0.25) is 9.67 Å². The van der Waals surface area contributed by atoms with E-state index in [1.54, 1.807) is 0 Å². The van der Waals surface area contributed by atoms with E-state index in [1.807, 2.05) is 17.9 Å². The molecule has 0 bridgehead atoms. The normalized spacial score (nSPS) is 12.3. The summed E-state index contributed by atoms with van der Waals surface area (Å²) in [6.45, 7) is 13.3. The Balaban J connectivity index is 2.91. The van der Waals surface area contributed by atoms with Gasteiger partial charge in [-0.05, 0) is 23.3 Å². The zero-order valence-electron chi connectivity index (χ0n) is 13.2. The zero-order chi connectivity index (χ0) is 14.3. The average Bonchev–Trinajstić information content (AvgIpc) is 2.69. The van der Waals surface area contributed by atoms with Crippen molar-refractivity contribution in [3.8, 4) is 0 Å². The summed E-state index contributed by atoms with van der Waals surface area (Å²) in [5.74, 6) is 1.33. The van der Waals surface area contributed by atoms with Gasteiger partial charge in [0.15, 0.2) is 0 Å². The second-order valence-corrected chi connectivity index (χ2v) is 6.29. The number of hydrogen-bond donors (Lipinski definition) is 0. The predicted octanol–water partition coefficient (Wildman–Crippen LogP) is 4.34. The Morgan fingerprint density at radius 1 is 0.895 bits per heavy atom. The molecule has 0 aliphatic heterocycles. The quantitative estimate of drug-likeness (QED) is 0.821. The third-order valence-electron chi connectivity index (χ3n) is 3.66. The SMILES string of the molecule is CC(C)c1nc(C(C)C)c2c(cnn2C)c1C(C)C. The van der Waals surface area contributed by atoms with Crippen molar-refractivity contribution in [1.29, 1.82) is 0 Å². The number of pyridine rings is 1. The van der Waals surface area contributed by atoms with Gasteiger partial charge in [-0.2, -0.15) is 5.10 Å². The van der Waals surface area contributed by atoms with Crippen molar-refractivity contribution in [3.63, 3.8) is 0 Å². The second-order valence-electron chi connectivity index (χ2n) is 6.29. The minimum Gasteiger partial charge on any atom is -0.266 e. The Morgan fingerprint density at radius 3 is 1.95 bits per heavy atom.